The first-order chi connectivity index (χ1) is 13.1. The summed E-state index contributed by atoms with van der Waals surface area (Å²) < 4.78 is 38.9. The molecule has 0 aliphatic heterocycles. The fourth-order valence-corrected chi connectivity index (χ4v) is 3.51. The van der Waals surface area contributed by atoms with Gasteiger partial charge in [-0.25, -0.2) is 4.98 Å². The van der Waals surface area contributed by atoms with Gasteiger partial charge in [-0.2, -0.15) is 13.2 Å². The van der Waals surface area contributed by atoms with Gasteiger partial charge in [-0.05, 0) is 36.4 Å². The van der Waals surface area contributed by atoms with E-state index in [0.29, 0.717) is 22.5 Å². The number of aromatic nitrogens is 1. The highest BCUT2D eigenvalue weighted by molar-refractivity contribution is 7.99. The molecule has 0 fully saturated rings. The molecule has 0 saturated heterocycles. The van der Waals surface area contributed by atoms with Crippen molar-refractivity contribution in [1.29, 1.82) is 0 Å². The number of nitrogens with one attached hydrogen (secondary N) is 2. The van der Waals surface area contributed by atoms with Crippen molar-refractivity contribution >= 4 is 40.9 Å². The van der Waals surface area contributed by atoms with Crippen molar-refractivity contribution in [2.75, 3.05) is 18.1 Å². The van der Waals surface area contributed by atoms with Crippen molar-refractivity contribution in [2.45, 2.75) is 24.9 Å². The summed E-state index contributed by atoms with van der Waals surface area (Å²) in [6.45, 7) is 3.40. The number of hydrogen-bond donors (Lipinski definition) is 2. The van der Waals surface area contributed by atoms with E-state index in [9.17, 15) is 22.8 Å². The molecular weight excluding hydrogens is 415 g/mol. The third kappa shape index (κ3) is 4.96. The lowest BCUT2D eigenvalue weighted by Crippen LogP contribution is -2.23. The van der Waals surface area contributed by atoms with Gasteiger partial charge < -0.3 is 10.6 Å². The van der Waals surface area contributed by atoms with Crippen LogP contribution >= 0.6 is 23.4 Å². The fraction of sp³-hybridized carbons (Fsp3) is 0.278. The van der Waals surface area contributed by atoms with Crippen LogP contribution in [0.4, 0.5) is 18.9 Å². The second kappa shape index (κ2) is 8.83. The minimum Gasteiger partial charge on any atom is -0.355 e. The number of halogens is 4. The number of rotatable bonds is 5. The van der Waals surface area contributed by atoms with Crippen LogP contribution in [0.5, 0.6) is 0 Å². The van der Waals surface area contributed by atoms with Gasteiger partial charge in [0.25, 0.3) is 11.8 Å². The lowest BCUT2D eigenvalue weighted by atomic mass is 10.1. The zero-order chi connectivity index (χ0) is 21.1. The Bertz CT molecular complexity index is 920. The number of amides is 2. The van der Waals surface area contributed by atoms with E-state index in [2.05, 4.69) is 15.6 Å². The van der Waals surface area contributed by atoms with Crippen molar-refractivity contribution in [3.8, 4) is 0 Å². The topological polar surface area (TPSA) is 71.1 Å². The van der Waals surface area contributed by atoms with Gasteiger partial charge in [0, 0.05) is 23.2 Å². The van der Waals surface area contributed by atoms with E-state index >= 15 is 0 Å². The molecule has 1 aromatic carbocycles. The highest BCUT2D eigenvalue weighted by Crippen LogP contribution is 2.33. The Morgan fingerprint density at radius 1 is 1.21 bits per heavy atom. The zero-order valence-corrected chi connectivity index (χ0v) is 16.8. The van der Waals surface area contributed by atoms with E-state index in [-0.39, 0.29) is 21.8 Å². The van der Waals surface area contributed by atoms with Crippen LogP contribution < -0.4 is 10.6 Å². The van der Waals surface area contributed by atoms with Crippen LogP contribution in [-0.2, 0) is 6.18 Å². The number of carbonyl (C=O) groups excluding carboxylic acids is 2. The third-order valence-electron chi connectivity index (χ3n) is 3.71. The lowest BCUT2D eigenvalue weighted by molar-refractivity contribution is -0.138. The van der Waals surface area contributed by atoms with Crippen LogP contribution in [0, 0.1) is 6.92 Å². The average Bonchev–Trinajstić information content (AvgIpc) is 2.62. The van der Waals surface area contributed by atoms with Gasteiger partial charge in [0.1, 0.15) is 5.69 Å². The number of alkyl halides is 3. The van der Waals surface area contributed by atoms with Gasteiger partial charge in [-0.1, -0.05) is 18.5 Å². The molecule has 0 aliphatic rings. The molecule has 2 aromatic rings. The number of carbonyl (C=O) groups is 2. The molecule has 0 unspecified atom stereocenters. The number of benzene rings is 1. The van der Waals surface area contributed by atoms with Crippen molar-refractivity contribution in [3.63, 3.8) is 0 Å². The van der Waals surface area contributed by atoms with Crippen LogP contribution in [0.25, 0.3) is 0 Å². The molecule has 0 aliphatic carbocycles. The number of aryl methyl sites for hydroxylation is 1. The van der Waals surface area contributed by atoms with Crippen molar-refractivity contribution in [3.05, 3.63) is 51.8 Å². The number of nitrogens with zero attached hydrogens (tertiary/aromatic N) is 1. The monoisotopic (exact) mass is 431 g/mol. The highest BCUT2D eigenvalue weighted by Gasteiger charge is 2.32. The first kappa shape index (κ1) is 22.0. The van der Waals surface area contributed by atoms with Crippen LogP contribution in [0.2, 0.25) is 5.02 Å². The molecule has 10 heteroatoms. The summed E-state index contributed by atoms with van der Waals surface area (Å²) >= 11 is 7.06. The van der Waals surface area contributed by atoms with Gasteiger partial charge in [0.15, 0.2) is 0 Å². The van der Waals surface area contributed by atoms with Gasteiger partial charge >= 0.3 is 6.18 Å². The number of hydrogen-bond acceptors (Lipinski definition) is 4. The zero-order valence-electron chi connectivity index (χ0n) is 15.2. The molecule has 0 saturated carbocycles. The molecule has 0 bridgehead atoms. The molecule has 1 heterocycles. The van der Waals surface area contributed by atoms with Crippen molar-refractivity contribution in [2.24, 2.45) is 0 Å². The smallest absolute Gasteiger partial charge is 0.355 e. The van der Waals surface area contributed by atoms with E-state index in [0.717, 1.165) is 17.8 Å². The van der Waals surface area contributed by atoms with Crippen LogP contribution in [0.1, 0.15) is 38.9 Å². The summed E-state index contributed by atoms with van der Waals surface area (Å²) in [6, 6.07) is 3.85. The van der Waals surface area contributed by atoms with E-state index in [1.165, 1.54) is 13.1 Å². The number of pyridine rings is 1. The molecule has 2 rings (SSSR count). The Morgan fingerprint density at radius 3 is 2.46 bits per heavy atom. The minimum atomic E-state index is -4.57. The summed E-state index contributed by atoms with van der Waals surface area (Å²) in [7, 11) is 1.43. The molecule has 150 valence electrons. The first-order valence-corrected chi connectivity index (χ1v) is 9.48. The Kier molecular flexibility index (Phi) is 6.95. The first-order valence-electron chi connectivity index (χ1n) is 8.12. The van der Waals surface area contributed by atoms with Crippen molar-refractivity contribution in [1.82, 2.24) is 10.3 Å². The Labute approximate surface area is 169 Å². The van der Waals surface area contributed by atoms with E-state index in [1.807, 2.05) is 0 Å². The maximum absolute atomic E-state index is 13.0. The summed E-state index contributed by atoms with van der Waals surface area (Å²) in [5, 5.41) is 5.34. The van der Waals surface area contributed by atoms with E-state index < -0.39 is 23.6 Å². The molecule has 5 nitrogen and oxygen atoms in total. The minimum absolute atomic E-state index is 0.0999. The van der Waals surface area contributed by atoms with Gasteiger partial charge in [-0.3, -0.25) is 9.59 Å². The Hall–Kier alpha value is -2.26. The summed E-state index contributed by atoms with van der Waals surface area (Å²) in [5.41, 5.74) is -0.220. The van der Waals surface area contributed by atoms with E-state index in [1.54, 1.807) is 19.9 Å². The van der Waals surface area contributed by atoms with Gasteiger partial charge in [0.05, 0.1) is 16.8 Å². The lowest BCUT2D eigenvalue weighted by Gasteiger charge is -2.15. The third-order valence-corrected chi connectivity index (χ3v) is 4.83. The summed E-state index contributed by atoms with van der Waals surface area (Å²) in [6.07, 6.45) is -3.95. The molecular formula is C18H17ClF3N3O2S. The maximum Gasteiger partial charge on any atom is 0.417 e. The molecule has 28 heavy (non-hydrogen) atoms. The Morgan fingerprint density at radius 2 is 1.89 bits per heavy atom. The molecule has 1 aromatic heterocycles. The Balaban J connectivity index is 2.47. The second-order valence-electron chi connectivity index (χ2n) is 5.68. The fourth-order valence-electron chi connectivity index (χ4n) is 2.43. The standard InChI is InChI=1S/C18H17ClF3N3O2S/c1-4-28-13-6-10(18(20,21)22)8-24-15(13)17(27)25-14-9(2)5-11(19)7-12(14)16(26)23-3/h5-8H,4H2,1-3H3,(H,23,26)(H,25,27). The van der Waals surface area contributed by atoms with Crippen molar-refractivity contribution < 1.29 is 22.8 Å². The summed E-state index contributed by atoms with van der Waals surface area (Å²) in [5.74, 6) is -0.739. The molecule has 0 spiro atoms. The maximum atomic E-state index is 13.0. The number of thioether (sulfide) groups is 1. The van der Waals surface area contributed by atoms with Crippen LogP contribution in [-0.4, -0.2) is 29.6 Å². The van der Waals surface area contributed by atoms with Crippen LogP contribution in [0.3, 0.4) is 0 Å². The molecule has 2 amide bonds. The molecule has 0 atom stereocenters. The SMILES string of the molecule is CCSc1cc(C(F)(F)F)cnc1C(=O)Nc1c(C)cc(Cl)cc1C(=O)NC. The predicted octanol–water partition coefficient (Wildman–Crippen LogP) is 4.79. The van der Waals surface area contributed by atoms with Crippen LogP contribution in [0.15, 0.2) is 29.3 Å². The molecule has 0 radical (unpaired) electrons. The number of anilines is 1. The quantitative estimate of drug-likeness (QED) is 0.668. The predicted molar refractivity (Wildman–Crippen MR) is 103 cm³/mol. The molecule has 2 N–H and O–H groups in total. The highest BCUT2D eigenvalue weighted by atomic mass is 35.5. The van der Waals surface area contributed by atoms with Gasteiger partial charge in [-0.15, -0.1) is 11.8 Å². The average molecular weight is 432 g/mol. The largest absolute Gasteiger partial charge is 0.417 e. The van der Waals surface area contributed by atoms with Gasteiger partial charge in [0.2, 0.25) is 0 Å². The summed E-state index contributed by atoms with van der Waals surface area (Å²) in [4.78, 5) is 28.7. The normalized spacial score (nSPS) is 11.2. The van der Waals surface area contributed by atoms with E-state index in [4.69, 9.17) is 11.6 Å². The second-order valence-corrected chi connectivity index (χ2v) is 7.42.